The topological polar surface area (TPSA) is 49.3 Å². The van der Waals surface area contributed by atoms with Crippen LogP contribution >= 0.6 is 11.8 Å². The maximum Gasteiger partial charge on any atom is 0.230 e. The zero-order chi connectivity index (χ0) is 17.4. The highest BCUT2D eigenvalue weighted by molar-refractivity contribution is 8.01. The van der Waals surface area contributed by atoms with Crippen molar-refractivity contribution in [2.75, 3.05) is 5.75 Å². The number of phenols is 1. The first kappa shape index (κ1) is 18.2. The zero-order valence-electron chi connectivity index (χ0n) is 15.1. The molecule has 0 saturated carbocycles. The van der Waals surface area contributed by atoms with Crippen LogP contribution in [0.25, 0.3) is 0 Å². The van der Waals surface area contributed by atoms with Gasteiger partial charge in [0.2, 0.25) is 5.91 Å². The zero-order valence-corrected chi connectivity index (χ0v) is 15.9. The van der Waals surface area contributed by atoms with E-state index in [0.29, 0.717) is 11.5 Å². The third-order valence-electron chi connectivity index (χ3n) is 4.22. The number of rotatable bonds is 3. The Kier molecular flexibility index (Phi) is 5.05. The van der Waals surface area contributed by atoms with Gasteiger partial charge in [0.05, 0.1) is 11.1 Å². The maximum absolute atomic E-state index is 11.3. The van der Waals surface area contributed by atoms with Crippen LogP contribution in [0.3, 0.4) is 0 Å². The number of amides is 1. The molecule has 1 atom stereocenters. The fraction of sp³-hybridized carbons (Fsp3) is 0.632. The van der Waals surface area contributed by atoms with Gasteiger partial charge in [-0.3, -0.25) is 4.79 Å². The first-order valence-electron chi connectivity index (χ1n) is 8.26. The number of hydrogen-bond acceptors (Lipinski definition) is 3. The lowest BCUT2D eigenvalue weighted by molar-refractivity contribution is -0.118. The molecule has 0 unspecified atom stereocenters. The Morgan fingerprint density at radius 2 is 1.65 bits per heavy atom. The molecule has 1 saturated heterocycles. The monoisotopic (exact) mass is 335 g/mol. The van der Waals surface area contributed by atoms with E-state index in [9.17, 15) is 9.90 Å². The summed E-state index contributed by atoms with van der Waals surface area (Å²) < 4.78 is 0. The van der Waals surface area contributed by atoms with Gasteiger partial charge in [-0.25, -0.2) is 0 Å². The third-order valence-corrected chi connectivity index (χ3v) is 5.40. The summed E-state index contributed by atoms with van der Waals surface area (Å²) in [5, 5.41) is 14.0. The van der Waals surface area contributed by atoms with Crippen LogP contribution < -0.4 is 5.32 Å². The molecule has 1 heterocycles. The average Bonchev–Trinajstić information content (AvgIpc) is 2.80. The van der Waals surface area contributed by atoms with Crippen molar-refractivity contribution < 1.29 is 9.90 Å². The van der Waals surface area contributed by atoms with Crippen molar-refractivity contribution >= 4 is 17.7 Å². The minimum absolute atomic E-state index is 0.101. The Bertz CT molecular complexity index is 561. The Labute approximate surface area is 144 Å². The summed E-state index contributed by atoms with van der Waals surface area (Å²) in [4.78, 5) is 11.3. The second-order valence-corrected chi connectivity index (χ2v) is 9.64. The highest BCUT2D eigenvalue weighted by Crippen LogP contribution is 2.40. The standard InChI is InChI=1S/C19H29NO2S/c1-18(2,3)13-9-12(7-8-16-20-15(21)11-23-16)10-14(17(13)22)19(4,5)6/h9-10,16,22H,7-8,11H2,1-6H3,(H,20,21)/t16-/m0/s1. The van der Waals surface area contributed by atoms with Crippen LogP contribution in [0.15, 0.2) is 12.1 Å². The third kappa shape index (κ3) is 4.43. The molecule has 0 radical (unpaired) electrons. The molecule has 0 aliphatic carbocycles. The largest absolute Gasteiger partial charge is 0.507 e. The van der Waals surface area contributed by atoms with Crippen LogP contribution in [0.1, 0.15) is 64.7 Å². The lowest BCUT2D eigenvalue weighted by Gasteiger charge is -2.28. The van der Waals surface area contributed by atoms with E-state index in [0.717, 1.165) is 24.0 Å². The van der Waals surface area contributed by atoms with Crippen LogP contribution in [0.4, 0.5) is 0 Å². The molecule has 23 heavy (non-hydrogen) atoms. The summed E-state index contributed by atoms with van der Waals surface area (Å²) in [6.07, 6.45) is 1.83. The summed E-state index contributed by atoms with van der Waals surface area (Å²) in [6.45, 7) is 12.8. The van der Waals surface area contributed by atoms with Gasteiger partial charge in [0, 0.05) is 0 Å². The van der Waals surface area contributed by atoms with E-state index in [-0.39, 0.29) is 22.1 Å². The van der Waals surface area contributed by atoms with E-state index in [4.69, 9.17) is 0 Å². The molecule has 1 aliphatic heterocycles. The minimum Gasteiger partial charge on any atom is -0.507 e. The first-order chi connectivity index (χ1) is 10.5. The SMILES string of the molecule is CC(C)(C)c1cc(CC[C@H]2NC(=O)CS2)cc(C(C)(C)C)c1O. The summed E-state index contributed by atoms with van der Waals surface area (Å²) in [5.41, 5.74) is 3.04. The van der Waals surface area contributed by atoms with Crippen molar-refractivity contribution in [1.29, 1.82) is 0 Å². The van der Waals surface area contributed by atoms with Crippen LogP contribution in [0.2, 0.25) is 0 Å². The number of carbonyl (C=O) groups is 1. The predicted octanol–water partition coefficient (Wildman–Crippen LogP) is 4.11. The molecule has 0 bridgehead atoms. The number of aromatic hydroxyl groups is 1. The number of carbonyl (C=O) groups excluding carboxylic acids is 1. The lowest BCUT2D eigenvalue weighted by atomic mass is 9.78. The van der Waals surface area contributed by atoms with Crippen molar-refractivity contribution in [2.45, 2.75) is 70.6 Å². The van der Waals surface area contributed by atoms with E-state index in [1.807, 2.05) is 0 Å². The Morgan fingerprint density at radius 1 is 1.13 bits per heavy atom. The van der Waals surface area contributed by atoms with Crippen LogP contribution in [0.5, 0.6) is 5.75 Å². The Hall–Kier alpha value is -1.16. The second kappa shape index (κ2) is 6.39. The van der Waals surface area contributed by atoms with Gasteiger partial charge in [0.1, 0.15) is 5.75 Å². The molecule has 4 heteroatoms. The molecule has 1 aromatic rings. The highest BCUT2D eigenvalue weighted by Gasteiger charge is 2.27. The first-order valence-corrected chi connectivity index (χ1v) is 9.31. The van der Waals surface area contributed by atoms with E-state index in [1.165, 1.54) is 5.56 Å². The smallest absolute Gasteiger partial charge is 0.230 e. The van der Waals surface area contributed by atoms with Gasteiger partial charge in [-0.1, -0.05) is 53.7 Å². The predicted molar refractivity (Wildman–Crippen MR) is 98.2 cm³/mol. The van der Waals surface area contributed by atoms with Gasteiger partial charge in [0.25, 0.3) is 0 Å². The van der Waals surface area contributed by atoms with Crippen molar-refractivity contribution in [3.8, 4) is 5.75 Å². The van der Waals surface area contributed by atoms with E-state index < -0.39 is 0 Å². The number of phenolic OH excluding ortho intramolecular Hbond substituents is 1. The number of thioether (sulfide) groups is 1. The lowest BCUT2D eigenvalue weighted by Crippen LogP contribution is -2.25. The fourth-order valence-electron chi connectivity index (χ4n) is 2.87. The van der Waals surface area contributed by atoms with Crippen molar-refractivity contribution in [3.63, 3.8) is 0 Å². The number of nitrogens with one attached hydrogen (secondary N) is 1. The molecular formula is C19H29NO2S. The molecule has 1 amide bonds. The van der Waals surface area contributed by atoms with Crippen molar-refractivity contribution in [1.82, 2.24) is 5.32 Å². The maximum atomic E-state index is 11.3. The highest BCUT2D eigenvalue weighted by atomic mass is 32.2. The summed E-state index contributed by atoms with van der Waals surface area (Å²) in [6, 6.07) is 4.26. The molecule has 1 aliphatic rings. The molecule has 0 spiro atoms. The van der Waals surface area contributed by atoms with Gasteiger partial charge in [0.15, 0.2) is 0 Å². The summed E-state index contributed by atoms with van der Waals surface area (Å²) in [5.74, 6) is 1.13. The number of hydrogen-bond donors (Lipinski definition) is 2. The number of aryl methyl sites for hydroxylation is 1. The molecule has 0 aromatic heterocycles. The molecule has 3 nitrogen and oxygen atoms in total. The van der Waals surface area contributed by atoms with Crippen LogP contribution in [0, 0.1) is 0 Å². The van der Waals surface area contributed by atoms with Crippen molar-refractivity contribution in [2.24, 2.45) is 0 Å². The molecule has 1 aromatic carbocycles. The van der Waals surface area contributed by atoms with Gasteiger partial charge in [-0.05, 0) is 40.4 Å². The second-order valence-electron chi connectivity index (χ2n) is 8.45. The summed E-state index contributed by atoms with van der Waals surface area (Å²) in [7, 11) is 0. The van der Waals surface area contributed by atoms with Gasteiger partial charge in [-0.2, -0.15) is 0 Å². The van der Waals surface area contributed by atoms with E-state index in [2.05, 4.69) is 59.0 Å². The minimum atomic E-state index is -0.101. The summed E-state index contributed by atoms with van der Waals surface area (Å²) >= 11 is 1.68. The molecule has 1 fully saturated rings. The molecule has 2 rings (SSSR count). The molecular weight excluding hydrogens is 306 g/mol. The van der Waals surface area contributed by atoms with Crippen LogP contribution in [-0.2, 0) is 22.0 Å². The number of benzene rings is 1. The molecule has 128 valence electrons. The Balaban J connectivity index is 2.30. The average molecular weight is 336 g/mol. The van der Waals surface area contributed by atoms with Crippen LogP contribution in [-0.4, -0.2) is 22.1 Å². The van der Waals surface area contributed by atoms with E-state index >= 15 is 0 Å². The van der Waals surface area contributed by atoms with E-state index in [1.54, 1.807) is 11.8 Å². The molecule has 2 N–H and O–H groups in total. The fourth-order valence-corrected chi connectivity index (χ4v) is 3.81. The Morgan fingerprint density at radius 3 is 2.04 bits per heavy atom. The van der Waals surface area contributed by atoms with Gasteiger partial charge in [-0.15, -0.1) is 11.8 Å². The van der Waals surface area contributed by atoms with Gasteiger partial charge >= 0.3 is 0 Å². The van der Waals surface area contributed by atoms with Gasteiger partial charge < -0.3 is 10.4 Å². The quantitative estimate of drug-likeness (QED) is 0.874. The van der Waals surface area contributed by atoms with Crippen molar-refractivity contribution in [3.05, 3.63) is 28.8 Å². The normalized spacial score (nSPS) is 19.0.